The molecule has 6 nitrogen and oxygen atoms in total. The number of fused-ring (bicyclic) bond motifs is 2. The molecule has 0 aromatic heterocycles. The first-order chi connectivity index (χ1) is 10.1. The summed E-state index contributed by atoms with van der Waals surface area (Å²) in [6.07, 6.45) is 4.27. The molecule has 2 saturated carbocycles. The lowest BCUT2D eigenvalue weighted by Crippen LogP contribution is -2.72. The van der Waals surface area contributed by atoms with Gasteiger partial charge >= 0.3 is 5.97 Å². The SMILES string of the molecule is O=C(NC1C2CCOC2C12CCC2)[C@@H]1CC[C@H](C(=O)O)O1. The predicted molar refractivity (Wildman–Crippen MR) is 71.6 cm³/mol. The van der Waals surface area contributed by atoms with E-state index in [2.05, 4.69) is 5.32 Å². The highest BCUT2D eigenvalue weighted by atomic mass is 16.5. The van der Waals surface area contributed by atoms with Crippen molar-refractivity contribution in [2.45, 2.75) is 62.9 Å². The van der Waals surface area contributed by atoms with Crippen molar-refractivity contribution in [3.05, 3.63) is 0 Å². The molecule has 0 radical (unpaired) electrons. The number of carbonyl (C=O) groups excluding carboxylic acids is 1. The Labute approximate surface area is 123 Å². The molecule has 4 rings (SSSR count). The third-order valence-electron chi connectivity index (χ3n) is 5.92. The van der Waals surface area contributed by atoms with E-state index in [1.807, 2.05) is 0 Å². The molecule has 21 heavy (non-hydrogen) atoms. The molecule has 4 aliphatic rings. The highest BCUT2D eigenvalue weighted by Gasteiger charge is 2.67. The second kappa shape index (κ2) is 4.68. The van der Waals surface area contributed by atoms with Crippen LogP contribution in [0.5, 0.6) is 0 Å². The molecule has 2 heterocycles. The van der Waals surface area contributed by atoms with Crippen molar-refractivity contribution in [1.29, 1.82) is 0 Å². The molecule has 2 aliphatic heterocycles. The first kappa shape index (κ1) is 13.5. The average molecular weight is 295 g/mol. The number of ether oxygens (including phenoxy) is 2. The zero-order valence-electron chi connectivity index (χ0n) is 11.9. The predicted octanol–water partition coefficient (Wildman–Crippen LogP) is 0.692. The van der Waals surface area contributed by atoms with E-state index >= 15 is 0 Å². The molecule has 1 amide bonds. The quantitative estimate of drug-likeness (QED) is 0.800. The van der Waals surface area contributed by atoms with Gasteiger partial charge in [0, 0.05) is 24.0 Å². The first-order valence-electron chi connectivity index (χ1n) is 7.92. The molecule has 0 aromatic rings. The number of carbonyl (C=O) groups is 2. The van der Waals surface area contributed by atoms with Gasteiger partial charge in [-0.3, -0.25) is 4.79 Å². The largest absolute Gasteiger partial charge is 0.479 e. The number of hydrogen-bond donors (Lipinski definition) is 2. The van der Waals surface area contributed by atoms with Crippen LogP contribution in [0.15, 0.2) is 0 Å². The third kappa shape index (κ3) is 1.85. The molecule has 5 atom stereocenters. The molecule has 0 bridgehead atoms. The van der Waals surface area contributed by atoms with Gasteiger partial charge in [0.15, 0.2) is 6.10 Å². The highest BCUT2D eigenvalue weighted by molar-refractivity contribution is 5.83. The standard InChI is InChI=1S/C15H21NO5/c17-13(9-2-3-10(21-9)14(18)19)16-11-8-4-7-20-12(8)15(11)5-1-6-15/h8-12H,1-7H2,(H,16,17)(H,18,19)/t8?,9-,10+,11?,12?/m0/s1. The molecule has 1 spiro atoms. The van der Waals surface area contributed by atoms with Gasteiger partial charge in [-0.1, -0.05) is 6.42 Å². The number of nitrogens with one attached hydrogen (secondary N) is 1. The molecule has 6 heteroatoms. The minimum Gasteiger partial charge on any atom is -0.479 e. The molecule has 0 aromatic carbocycles. The van der Waals surface area contributed by atoms with Crippen molar-refractivity contribution in [2.75, 3.05) is 6.61 Å². The lowest BCUT2D eigenvalue weighted by Gasteiger charge is -2.63. The summed E-state index contributed by atoms with van der Waals surface area (Å²) in [5.74, 6) is -0.681. The van der Waals surface area contributed by atoms with Crippen LogP contribution in [-0.2, 0) is 19.1 Å². The van der Waals surface area contributed by atoms with Gasteiger partial charge < -0.3 is 19.9 Å². The van der Waals surface area contributed by atoms with Gasteiger partial charge in [-0.2, -0.15) is 0 Å². The van der Waals surface area contributed by atoms with Crippen LogP contribution in [0.2, 0.25) is 0 Å². The topological polar surface area (TPSA) is 84.9 Å². The van der Waals surface area contributed by atoms with Crippen molar-refractivity contribution in [1.82, 2.24) is 5.32 Å². The zero-order valence-corrected chi connectivity index (χ0v) is 11.9. The van der Waals surface area contributed by atoms with Crippen molar-refractivity contribution in [2.24, 2.45) is 11.3 Å². The van der Waals surface area contributed by atoms with Crippen molar-refractivity contribution < 1.29 is 24.2 Å². The minimum absolute atomic E-state index is 0.139. The van der Waals surface area contributed by atoms with Gasteiger partial charge in [0.05, 0.1) is 6.10 Å². The molecule has 2 saturated heterocycles. The summed E-state index contributed by atoms with van der Waals surface area (Å²) < 4.78 is 11.2. The van der Waals surface area contributed by atoms with Crippen LogP contribution < -0.4 is 5.32 Å². The molecule has 2 N–H and O–H groups in total. The Hall–Kier alpha value is -1.14. The fourth-order valence-electron chi connectivity index (χ4n) is 4.71. The summed E-state index contributed by atoms with van der Waals surface area (Å²) in [6.45, 7) is 0.796. The zero-order chi connectivity index (χ0) is 14.6. The first-order valence-corrected chi connectivity index (χ1v) is 7.92. The normalized spacial score (nSPS) is 43.0. The van der Waals surface area contributed by atoms with E-state index in [9.17, 15) is 9.59 Å². The summed E-state index contributed by atoms with van der Waals surface area (Å²) in [7, 11) is 0. The van der Waals surface area contributed by atoms with Crippen LogP contribution >= 0.6 is 0 Å². The number of carboxylic acids is 1. The fourth-order valence-corrected chi connectivity index (χ4v) is 4.71. The van der Waals surface area contributed by atoms with E-state index in [0.717, 1.165) is 25.9 Å². The number of aliphatic carboxylic acids is 1. The smallest absolute Gasteiger partial charge is 0.332 e. The van der Waals surface area contributed by atoms with Crippen LogP contribution in [0, 0.1) is 11.3 Å². The maximum atomic E-state index is 12.4. The second-order valence-electron chi connectivity index (χ2n) is 6.85. The maximum Gasteiger partial charge on any atom is 0.332 e. The second-order valence-corrected chi connectivity index (χ2v) is 6.85. The molecular weight excluding hydrogens is 274 g/mol. The van der Waals surface area contributed by atoms with E-state index in [1.165, 1.54) is 6.42 Å². The lowest BCUT2D eigenvalue weighted by molar-refractivity contribution is -0.182. The summed E-state index contributed by atoms with van der Waals surface area (Å²) in [6, 6.07) is 0.193. The average Bonchev–Trinajstić information content (AvgIpc) is 3.01. The van der Waals surface area contributed by atoms with E-state index in [4.69, 9.17) is 14.6 Å². The van der Waals surface area contributed by atoms with E-state index in [1.54, 1.807) is 0 Å². The van der Waals surface area contributed by atoms with Gasteiger partial charge in [0.2, 0.25) is 5.91 Å². The fraction of sp³-hybridized carbons (Fsp3) is 0.867. The number of amides is 1. The Morgan fingerprint density at radius 1 is 1.14 bits per heavy atom. The number of carboxylic acid groups (broad SMARTS) is 1. The Balaban J connectivity index is 1.40. The molecular formula is C15H21NO5. The summed E-state index contributed by atoms with van der Waals surface area (Å²) >= 11 is 0. The monoisotopic (exact) mass is 295 g/mol. The Morgan fingerprint density at radius 3 is 2.52 bits per heavy atom. The van der Waals surface area contributed by atoms with Crippen molar-refractivity contribution >= 4 is 11.9 Å². The third-order valence-corrected chi connectivity index (χ3v) is 5.92. The summed E-state index contributed by atoms with van der Waals surface area (Å²) in [5, 5.41) is 12.1. The van der Waals surface area contributed by atoms with Crippen molar-refractivity contribution in [3.8, 4) is 0 Å². The van der Waals surface area contributed by atoms with Crippen molar-refractivity contribution in [3.63, 3.8) is 0 Å². The van der Waals surface area contributed by atoms with Gasteiger partial charge in [0.25, 0.3) is 0 Å². The van der Waals surface area contributed by atoms with E-state index in [-0.39, 0.29) is 17.4 Å². The van der Waals surface area contributed by atoms with Crippen LogP contribution in [0.1, 0.15) is 38.5 Å². The summed E-state index contributed by atoms with van der Waals surface area (Å²) in [5.41, 5.74) is 0.154. The Kier molecular flexibility index (Phi) is 3.01. The maximum absolute atomic E-state index is 12.4. The number of rotatable bonds is 3. The van der Waals surface area contributed by atoms with Crippen LogP contribution in [0.4, 0.5) is 0 Å². The molecule has 116 valence electrons. The van der Waals surface area contributed by atoms with Gasteiger partial charge in [-0.15, -0.1) is 0 Å². The van der Waals surface area contributed by atoms with E-state index < -0.39 is 18.2 Å². The minimum atomic E-state index is -0.978. The summed E-state index contributed by atoms with van der Waals surface area (Å²) in [4.78, 5) is 23.3. The highest BCUT2D eigenvalue weighted by Crippen LogP contribution is 2.62. The van der Waals surface area contributed by atoms with Gasteiger partial charge in [-0.25, -0.2) is 4.79 Å². The van der Waals surface area contributed by atoms with Gasteiger partial charge in [-0.05, 0) is 32.1 Å². The van der Waals surface area contributed by atoms with Crippen LogP contribution in [-0.4, -0.2) is 47.9 Å². The Morgan fingerprint density at radius 2 is 1.90 bits per heavy atom. The van der Waals surface area contributed by atoms with Gasteiger partial charge in [0.1, 0.15) is 6.10 Å². The Bertz CT molecular complexity index is 475. The molecule has 3 unspecified atom stereocenters. The molecule has 4 fully saturated rings. The van der Waals surface area contributed by atoms with E-state index in [0.29, 0.717) is 24.9 Å². The number of hydrogen-bond acceptors (Lipinski definition) is 4. The molecule has 2 aliphatic carbocycles. The lowest BCUT2D eigenvalue weighted by atomic mass is 9.46. The van der Waals surface area contributed by atoms with Crippen LogP contribution in [0.25, 0.3) is 0 Å². The van der Waals surface area contributed by atoms with Crippen LogP contribution in [0.3, 0.4) is 0 Å².